The number of benzene rings is 2. The molecule has 2 aromatic carbocycles. The first-order valence-corrected chi connectivity index (χ1v) is 10.3. The molecule has 0 aliphatic carbocycles. The van der Waals surface area contributed by atoms with Gasteiger partial charge in [-0.3, -0.25) is 9.48 Å². The minimum absolute atomic E-state index is 0.0614. The monoisotopic (exact) mass is 388 g/mol. The molecule has 1 amide bonds. The Balaban J connectivity index is 1.61. The van der Waals surface area contributed by atoms with Crippen LogP contribution in [0.1, 0.15) is 35.7 Å². The van der Waals surface area contributed by atoms with Crippen LogP contribution in [0, 0.1) is 5.92 Å². The predicted molar refractivity (Wildman–Crippen MR) is 115 cm³/mol. The molecular weight excluding hydrogens is 360 g/mol. The number of hydrogen-bond acceptors (Lipinski definition) is 3. The lowest BCUT2D eigenvalue weighted by atomic mass is 9.90. The third-order valence-corrected chi connectivity index (χ3v) is 5.80. The summed E-state index contributed by atoms with van der Waals surface area (Å²) in [6, 6.07) is 20.3. The second-order valence-electron chi connectivity index (χ2n) is 7.93. The molecule has 4 rings (SSSR count). The van der Waals surface area contributed by atoms with E-state index in [0.717, 1.165) is 42.8 Å². The number of carbonyl (C=O) groups is 1. The Morgan fingerprint density at radius 2 is 1.69 bits per heavy atom. The van der Waals surface area contributed by atoms with E-state index < -0.39 is 0 Å². The zero-order chi connectivity index (χ0) is 20.2. The average molecular weight is 389 g/mol. The Bertz CT molecular complexity index is 942. The lowest BCUT2D eigenvalue weighted by molar-refractivity contribution is 0.0681. The number of nitrogens with zero attached hydrogens (tertiary/aromatic N) is 3. The lowest BCUT2D eigenvalue weighted by Crippen LogP contribution is -2.42. The van der Waals surface area contributed by atoms with Crippen molar-refractivity contribution in [1.29, 1.82) is 0 Å². The zero-order valence-corrected chi connectivity index (χ0v) is 16.9. The molecular formula is C24H28N4O. The molecule has 3 aromatic rings. The molecule has 150 valence electrons. The summed E-state index contributed by atoms with van der Waals surface area (Å²) in [6.45, 7) is 4.20. The Morgan fingerprint density at radius 3 is 2.31 bits per heavy atom. The van der Waals surface area contributed by atoms with E-state index in [4.69, 9.17) is 10.8 Å². The van der Waals surface area contributed by atoms with Crippen LogP contribution in [0.3, 0.4) is 0 Å². The molecule has 0 spiro atoms. The summed E-state index contributed by atoms with van der Waals surface area (Å²) in [7, 11) is 0. The highest BCUT2D eigenvalue weighted by molar-refractivity contribution is 5.99. The summed E-state index contributed by atoms with van der Waals surface area (Å²) in [5.74, 6) is 0.555. The van der Waals surface area contributed by atoms with E-state index in [-0.39, 0.29) is 11.9 Å². The van der Waals surface area contributed by atoms with Crippen molar-refractivity contribution < 1.29 is 4.79 Å². The number of likely N-dealkylation sites (tertiary alicyclic amines) is 1. The first kappa shape index (κ1) is 19.4. The fourth-order valence-electron chi connectivity index (χ4n) is 4.04. The van der Waals surface area contributed by atoms with Crippen LogP contribution in [0.2, 0.25) is 0 Å². The summed E-state index contributed by atoms with van der Waals surface area (Å²) in [5, 5.41) is 4.78. The normalized spacial score (nSPS) is 16.0. The third kappa shape index (κ3) is 4.40. The van der Waals surface area contributed by atoms with Crippen molar-refractivity contribution >= 4 is 5.91 Å². The Morgan fingerprint density at radius 1 is 1.07 bits per heavy atom. The molecule has 0 saturated carbocycles. The topological polar surface area (TPSA) is 64.2 Å². The van der Waals surface area contributed by atoms with Gasteiger partial charge >= 0.3 is 0 Å². The van der Waals surface area contributed by atoms with E-state index in [2.05, 4.69) is 19.1 Å². The van der Waals surface area contributed by atoms with Crippen molar-refractivity contribution in [2.75, 3.05) is 13.1 Å². The van der Waals surface area contributed by atoms with Crippen molar-refractivity contribution in [3.8, 4) is 11.3 Å². The molecule has 1 aromatic heterocycles. The number of rotatable bonds is 5. The molecule has 1 aliphatic heterocycles. The van der Waals surface area contributed by atoms with E-state index in [1.165, 1.54) is 0 Å². The highest BCUT2D eigenvalue weighted by Crippen LogP contribution is 2.26. The van der Waals surface area contributed by atoms with Crippen molar-refractivity contribution in [1.82, 2.24) is 14.7 Å². The van der Waals surface area contributed by atoms with Gasteiger partial charge in [-0.15, -0.1) is 0 Å². The first-order chi connectivity index (χ1) is 14.1. The molecule has 29 heavy (non-hydrogen) atoms. The predicted octanol–water partition coefficient (Wildman–Crippen LogP) is 3.80. The second kappa shape index (κ2) is 8.62. The maximum atomic E-state index is 13.4. The van der Waals surface area contributed by atoms with Crippen LogP contribution in [-0.4, -0.2) is 39.7 Å². The van der Waals surface area contributed by atoms with Crippen LogP contribution in [0.25, 0.3) is 11.3 Å². The fourth-order valence-corrected chi connectivity index (χ4v) is 4.04. The smallest absolute Gasteiger partial charge is 0.257 e. The van der Waals surface area contributed by atoms with Gasteiger partial charge in [-0.1, -0.05) is 60.7 Å². The van der Waals surface area contributed by atoms with Gasteiger partial charge in [-0.05, 0) is 31.2 Å². The maximum Gasteiger partial charge on any atom is 0.257 e. The van der Waals surface area contributed by atoms with Crippen molar-refractivity contribution in [2.24, 2.45) is 11.7 Å². The van der Waals surface area contributed by atoms with Crippen LogP contribution >= 0.6 is 0 Å². The van der Waals surface area contributed by atoms with Gasteiger partial charge in [0.15, 0.2) is 0 Å². The fraction of sp³-hybridized carbons (Fsp3) is 0.333. The van der Waals surface area contributed by atoms with Gasteiger partial charge in [0.2, 0.25) is 0 Å². The van der Waals surface area contributed by atoms with Crippen LogP contribution in [0.15, 0.2) is 66.9 Å². The lowest BCUT2D eigenvalue weighted by Gasteiger charge is -2.33. The summed E-state index contributed by atoms with van der Waals surface area (Å²) in [5.41, 5.74) is 9.61. The van der Waals surface area contributed by atoms with Gasteiger partial charge in [0.1, 0.15) is 5.69 Å². The van der Waals surface area contributed by atoms with Crippen molar-refractivity contribution in [2.45, 2.75) is 32.4 Å². The average Bonchev–Trinajstić information content (AvgIpc) is 3.18. The minimum Gasteiger partial charge on any atom is -0.339 e. The summed E-state index contributed by atoms with van der Waals surface area (Å²) in [6.07, 6.45) is 3.82. The quantitative estimate of drug-likeness (QED) is 0.723. The Kier molecular flexibility index (Phi) is 5.76. The molecule has 0 bridgehead atoms. The van der Waals surface area contributed by atoms with Gasteiger partial charge in [0, 0.05) is 30.9 Å². The Labute approximate surface area is 172 Å². The van der Waals surface area contributed by atoms with Gasteiger partial charge < -0.3 is 10.6 Å². The van der Waals surface area contributed by atoms with Gasteiger partial charge in [0.25, 0.3) is 5.91 Å². The SMILES string of the molecule is CC(N)C1CCN(C(=O)c2cn(Cc3ccccc3)nc2-c2ccccc2)CC1. The minimum atomic E-state index is 0.0614. The summed E-state index contributed by atoms with van der Waals surface area (Å²) >= 11 is 0. The van der Waals surface area contributed by atoms with Gasteiger partial charge in [0.05, 0.1) is 12.1 Å². The Hall–Kier alpha value is -2.92. The second-order valence-corrected chi connectivity index (χ2v) is 7.93. The summed E-state index contributed by atoms with van der Waals surface area (Å²) in [4.78, 5) is 15.3. The van der Waals surface area contributed by atoms with Crippen molar-refractivity contribution in [3.05, 3.63) is 78.0 Å². The number of carbonyl (C=O) groups excluding carboxylic acids is 1. The third-order valence-electron chi connectivity index (χ3n) is 5.80. The number of nitrogens with two attached hydrogens (primary N) is 1. The van der Waals surface area contributed by atoms with Crippen LogP contribution < -0.4 is 5.73 Å². The zero-order valence-electron chi connectivity index (χ0n) is 16.9. The first-order valence-electron chi connectivity index (χ1n) is 10.3. The number of amides is 1. The molecule has 1 aliphatic rings. The largest absolute Gasteiger partial charge is 0.339 e. The number of hydrogen-bond donors (Lipinski definition) is 1. The van der Waals surface area contributed by atoms with E-state index in [0.29, 0.717) is 18.0 Å². The molecule has 5 heteroatoms. The molecule has 2 heterocycles. The van der Waals surface area contributed by atoms with Crippen LogP contribution in [0.5, 0.6) is 0 Å². The van der Waals surface area contributed by atoms with E-state index >= 15 is 0 Å². The van der Waals surface area contributed by atoms with E-state index in [1.54, 1.807) is 0 Å². The van der Waals surface area contributed by atoms with E-state index in [1.807, 2.05) is 64.3 Å². The summed E-state index contributed by atoms with van der Waals surface area (Å²) < 4.78 is 1.87. The highest BCUT2D eigenvalue weighted by atomic mass is 16.2. The van der Waals surface area contributed by atoms with Gasteiger partial charge in [-0.2, -0.15) is 5.10 Å². The van der Waals surface area contributed by atoms with Crippen molar-refractivity contribution in [3.63, 3.8) is 0 Å². The maximum absolute atomic E-state index is 13.4. The molecule has 1 unspecified atom stereocenters. The number of aromatic nitrogens is 2. The molecule has 5 nitrogen and oxygen atoms in total. The van der Waals surface area contributed by atoms with E-state index in [9.17, 15) is 4.79 Å². The van der Waals surface area contributed by atoms with Crippen LogP contribution in [-0.2, 0) is 6.54 Å². The molecule has 1 saturated heterocycles. The molecule has 2 N–H and O–H groups in total. The highest BCUT2D eigenvalue weighted by Gasteiger charge is 2.28. The standard InChI is InChI=1S/C24H28N4O/c1-18(25)20-12-14-27(15-13-20)24(29)22-17-28(16-19-8-4-2-5-9-19)26-23(22)21-10-6-3-7-11-21/h2-11,17-18,20H,12-16,25H2,1H3. The molecule has 1 fully saturated rings. The van der Waals surface area contributed by atoms with Crippen LogP contribution in [0.4, 0.5) is 0 Å². The molecule has 0 radical (unpaired) electrons. The number of piperidine rings is 1. The molecule has 1 atom stereocenters. The van der Waals surface area contributed by atoms with Gasteiger partial charge in [-0.25, -0.2) is 0 Å².